The van der Waals surface area contributed by atoms with E-state index in [1.54, 1.807) is 7.11 Å². The number of likely N-dealkylation sites (N-methyl/N-ethyl adjacent to an activating group) is 1. The van der Waals surface area contributed by atoms with Gasteiger partial charge in [0.15, 0.2) is 0 Å². The van der Waals surface area contributed by atoms with E-state index in [9.17, 15) is 5.11 Å². The minimum absolute atomic E-state index is 0.153. The summed E-state index contributed by atoms with van der Waals surface area (Å²) >= 11 is 0. The van der Waals surface area contributed by atoms with Gasteiger partial charge in [0.2, 0.25) is 0 Å². The predicted molar refractivity (Wildman–Crippen MR) is 68.4 cm³/mol. The SMILES string of the molecule is CCNC1(CO)CCCc2cc(OC)ccc21. The van der Waals surface area contributed by atoms with E-state index >= 15 is 0 Å². The molecule has 1 aliphatic rings. The maximum absolute atomic E-state index is 9.75. The highest BCUT2D eigenvalue weighted by molar-refractivity contribution is 5.41. The van der Waals surface area contributed by atoms with Gasteiger partial charge in [-0.05, 0) is 49.1 Å². The Labute approximate surface area is 103 Å². The zero-order chi connectivity index (χ0) is 12.3. The number of aliphatic hydroxyl groups excluding tert-OH is 1. The van der Waals surface area contributed by atoms with E-state index in [1.807, 2.05) is 6.07 Å². The zero-order valence-electron chi connectivity index (χ0n) is 10.6. The van der Waals surface area contributed by atoms with E-state index in [-0.39, 0.29) is 12.1 Å². The third-order valence-electron chi connectivity index (χ3n) is 3.66. The molecule has 0 heterocycles. The first-order valence-corrected chi connectivity index (χ1v) is 6.29. The highest BCUT2D eigenvalue weighted by Gasteiger charge is 2.35. The van der Waals surface area contributed by atoms with Crippen molar-refractivity contribution in [3.8, 4) is 5.75 Å². The summed E-state index contributed by atoms with van der Waals surface area (Å²) in [6.45, 7) is 3.10. The Morgan fingerprint density at radius 1 is 1.47 bits per heavy atom. The lowest BCUT2D eigenvalue weighted by atomic mass is 9.77. The molecule has 0 spiro atoms. The molecule has 2 rings (SSSR count). The third kappa shape index (κ3) is 2.17. The molecule has 0 amide bonds. The molecule has 0 saturated carbocycles. The van der Waals surface area contributed by atoms with Crippen LogP contribution in [0.15, 0.2) is 18.2 Å². The van der Waals surface area contributed by atoms with Gasteiger partial charge in [0.1, 0.15) is 5.75 Å². The Balaban J connectivity index is 2.42. The number of ether oxygens (including phenoxy) is 1. The topological polar surface area (TPSA) is 41.5 Å². The molecule has 1 atom stereocenters. The van der Waals surface area contributed by atoms with E-state index in [0.29, 0.717) is 0 Å². The Morgan fingerprint density at radius 3 is 2.94 bits per heavy atom. The molecule has 0 saturated heterocycles. The number of aliphatic hydroxyl groups is 1. The largest absolute Gasteiger partial charge is 0.497 e. The zero-order valence-corrected chi connectivity index (χ0v) is 10.6. The molecule has 2 N–H and O–H groups in total. The summed E-state index contributed by atoms with van der Waals surface area (Å²) in [6.07, 6.45) is 3.17. The van der Waals surface area contributed by atoms with Crippen LogP contribution in [0.3, 0.4) is 0 Å². The van der Waals surface area contributed by atoms with Crippen molar-refractivity contribution in [3.63, 3.8) is 0 Å². The summed E-state index contributed by atoms with van der Waals surface area (Å²) in [5.41, 5.74) is 2.27. The van der Waals surface area contributed by atoms with Crippen LogP contribution in [0.5, 0.6) is 5.75 Å². The number of aryl methyl sites for hydroxylation is 1. The van der Waals surface area contributed by atoms with Gasteiger partial charge >= 0.3 is 0 Å². The first kappa shape index (κ1) is 12.4. The van der Waals surface area contributed by atoms with E-state index in [0.717, 1.165) is 31.6 Å². The second-order valence-corrected chi connectivity index (χ2v) is 4.65. The second kappa shape index (κ2) is 5.07. The molecule has 0 radical (unpaired) electrons. The van der Waals surface area contributed by atoms with Crippen LogP contribution in [-0.2, 0) is 12.0 Å². The summed E-state index contributed by atoms with van der Waals surface area (Å²) < 4.78 is 5.26. The highest BCUT2D eigenvalue weighted by Crippen LogP contribution is 2.36. The van der Waals surface area contributed by atoms with Crippen LogP contribution < -0.4 is 10.1 Å². The lowest BCUT2D eigenvalue weighted by molar-refractivity contribution is 0.144. The van der Waals surface area contributed by atoms with Crippen molar-refractivity contribution < 1.29 is 9.84 Å². The predicted octanol–water partition coefficient (Wildman–Crippen LogP) is 1.83. The van der Waals surface area contributed by atoms with Crippen molar-refractivity contribution in [1.82, 2.24) is 5.32 Å². The van der Waals surface area contributed by atoms with Gasteiger partial charge in [-0.15, -0.1) is 0 Å². The summed E-state index contributed by atoms with van der Waals surface area (Å²) in [7, 11) is 1.69. The van der Waals surface area contributed by atoms with Crippen molar-refractivity contribution in [3.05, 3.63) is 29.3 Å². The summed E-state index contributed by atoms with van der Waals surface area (Å²) in [5, 5.41) is 13.2. The number of methoxy groups -OCH3 is 1. The monoisotopic (exact) mass is 235 g/mol. The number of hydrogen-bond donors (Lipinski definition) is 2. The second-order valence-electron chi connectivity index (χ2n) is 4.65. The lowest BCUT2D eigenvalue weighted by Gasteiger charge is -2.38. The van der Waals surface area contributed by atoms with Gasteiger partial charge in [-0.2, -0.15) is 0 Å². The summed E-state index contributed by atoms with van der Waals surface area (Å²) in [4.78, 5) is 0. The third-order valence-corrected chi connectivity index (χ3v) is 3.66. The van der Waals surface area contributed by atoms with Gasteiger partial charge in [0.25, 0.3) is 0 Å². The average molecular weight is 235 g/mol. The average Bonchev–Trinajstić information content (AvgIpc) is 2.38. The molecule has 3 heteroatoms. The molecule has 94 valence electrons. The molecule has 0 aromatic heterocycles. The summed E-state index contributed by atoms with van der Waals surface area (Å²) in [6, 6.07) is 6.16. The molecule has 0 bridgehead atoms. The quantitative estimate of drug-likeness (QED) is 0.836. The van der Waals surface area contributed by atoms with Crippen LogP contribution in [0.2, 0.25) is 0 Å². The van der Waals surface area contributed by atoms with Crippen molar-refractivity contribution in [2.24, 2.45) is 0 Å². The molecule has 1 aromatic carbocycles. The normalized spacial score (nSPS) is 23.2. The van der Waals surface area contributed by atoms with Gasteiger partial charge in [-0.3, -0.25) is 0 Å². The van der Waals surface area contributed by atoms with Crippen LogP contribution in [0, 0.1) is 0 Å². The van der Waals surface area contributed by atoms with E-state index < -0.39 is 0 Å². The van der Waals surface area contributed by atoms with Crippen molar-refractivity contribution >= 4 is 0 Å². The van der Waals surface area contributed by atoms with Gasteiger partial charge in [-0.1, -0.05) is 13.0 Å². The summed E-state index contributed by atoms with van der Waals surface area (Å²) in [5.74, 6) is 0.897. The number of nitrogens with one attached hydrogen (secondary N) is 1. The number of fused-ring (bicyclic) bond motifs is 1. The Kier molecular flexibility index (Phi) is 3.69. The fourth-order valence-corrected chi connectivity index (χ4v) is 2.83. The molecular weight excluding hydrogens is 214 g/mol. The Bertz CT molecular complexity index is 392. The van der Waals surface area contributed by atoms with Crippen molar-refractivity contribution in [2.45, 2.75) is 31.7 Å². The standard InChI is InChI=1S/C14H21NO2/c1-3-15-14(10-16)8-4-5-11-9-12(17-2)6-7-13(11)14/h6-7,9,15-16H,3-5,8,10H2,1-2H3. The number of benzene rings is 1. The molecule has 1 unspecified atom stereocenters. The van der Waals surface area contributed by atoms with Crippen molar-refractivity contribution in [1.29, 1.82) is 0 Å². The molecule has 17 heavy (non-hydrogen) atoms. The smallest absolute Gasteiger partial charge is 0.119 e. The number of rotatable bonds is 4. The fourth-order valence-electron chi connectivity index (χ4n) is 2.83. The van der Waals surface area contributed by atoms with Crippen LogP contribution in [-0.4, -0.2) is 25.4 Å². The molecule has 0 aliphatic heterocycles. The first-order chi connectivity index (χ1) is 8.25. The Hall–Kier alpha value is -1.06. The first-order valence-electron chi connectivity index (χ1n) is 6.29. The molecule has 1 aliphatic carbocycles. The van der Waals surface area contributed by atoms with Crippen LogP contribution >= 0.6 is 0 Å². The minimum atomic E-state index is -0.255. The van der Waals surface area contributed by atoms with Crippen LogP contribution in [0.25, 0.3) is 0 Å². The molecule has 0 fully saturated rings. The minimum Gasteiger partial charge on any atom is -0.497 e. The van der Waals surface area contributed by atoms with E-state index in [2.05, 4.69) is 24.4 Å². The van der Waals surface area contributed by atoms with Crippen LogP contribution in [0.4, 0.5) is 0 Å². The van der Waals surface area contributed by atoms with Gasteiger partial charge in [-0.25, -0.2) is 0 Å². The van der Waals surface area contributed by atoms with Gasteiger partial charge in [0.05, 0.1) is 19.3 Å². The maximum Gasteiger partial charge on any atom is 0.119 e. The fraction of sp³-hybridized carbons (Fsp3) is 0.571. The van der Waals surface area contributed by atoms with E-state index in [4.69, 9.17) is 4.74 Å². The van der Waals surface area contributed by atoms with Crippen LogP contribution in [0.1, 0.15) is 30.9 Å². The van der Waals surface area contributed by atoms with E-state index in [1.165, 1.54) is 11.1 Å². The lowest BCUT2D eigenvalue weighted by Crippen LogP contribution is -2.47. The maximum atomic E-state index is 9.75. The highest BCUT2D eigenvalue weighted by atomic mass is 16.5. The van der Waals surface area contributed by atoms with Gasteiger partial charge in [0, 0.05) is 0 Å². The number of hydrogen-bond acceptors (Lipinski definition) is 3. The van der Waals surface area contributed by atoms with Crippen molar-refractivity contribution in [2.75, 3.05) is 20.3 Å². The van der Waals surface area contributed by atoms with Gasteiger partial charge < -0.3 is 15.2 Å². The Morgan fingerprint density at radius 2 is 2.29 bits per heavy atom. The molecule has 1 aromatic rings. The molecular formula is C14H21NO2. The molecule has 3 nitrogen and oxygen atoms in total.